The lowest BCUT2D eigenvalue weighted by Crippen LogP contribution is -2.49. The molecule has 1 aliphatic heterocycles. The van der Waals surface area contributed by atoms with Gasteiger partial charge in [0.2, 0.25) is 0 Å². The Morgan fingerprint density at radius 1 is 1.04 bits per heavy atom. The number of H-pyrrole nitrogens is 1. The van der Waals surface area contributed by atoms with Crippen molar-refractivity contribution < 1.29 is 9.47 Å². The van der Waals surface area contributed by atoms with Crippen LogP contribution < -0.4 is 14.8 Å². The molecule has 5 heteroatoms. The van der Waals surface area contributed by atoms with Gasteiger partial charge in [-0.2, -0.15) is 5.10 Å². The first-order chi connectivity index (χ1) is 12.8. The Balaban J connectivity index is 1.09. The number of nitrogens with one attached hydrogen (secondary N) is 2. The molecule has 0 amide bonds. The van der Waals surface area contributed by atoms with Crippen molar-refractivity contribution in [1.29, 1.82) is 0 Å². The van der Waals surface area contributed by atoms with Crippen molar-refractivity contribution in [3.05, 3.63) is 18.3 Å². The van der Waals surface area contributed by atoms with Gasteiger partial charge in [0, 0.05) is 6.54 Å². The Morgan fingerprint density at radius 3 is 2.65 bits per heavy atom. The summed E-state index contributed by atoms with van der Waals surface area (Å²) in [5, 5.41) is 11.9. The molecule has 138 valence electrons. The summed E-state index contributed by atoms with van der Waals surface area (Å²) >= 11 is 0. The van der Waals surface area contributed by atoms with Gasteiger partial charge < -0.3 is 14.8 Å². The van der Waals surface area contributed by atoms with E-state index in [2.05, 4.69) is 15.5 Å². The number of rotatable bonds is 4. The minimum absolute atomic E-state index is 0.0693. The topological polar surface area (TPSA) is 59.2 Å². The molecule has 1 aromatic heterocycles. The Kier molecular flexibility index (Phi) is 3.46. The molecule has 4 saturated carbocycles. The fourth-order valence-electron chi connectivity index (χ4n) is 6.47. The molecule has 4 bridgehead atoms. The fraction of sp³-hybridized carbons (Fsp3) is 0.667. The highest BCUT2D eigenvalue weighted by Gasteiger charge is 2.47. The second kappa shape index (κ2) is 5.88. The second-order valence-corrected chi connectivity index (χ2v) is 9.03. The van der Waals surface area contributed by atoms with Gasteiger partial charge in [0.25, 0.3) is 0 Å². The SMILES string of the molecule is c1cc2[nH]ncc2c2c1OCC(CNCC1C3CC4CC(C3)CC1C4)O2. The van der Waals surface area contributed by atoms with Crippen LogP contribution in [-0.4, -0.2) is 36.0 Å². The maximum atomic E-state index is 6.26. The third-order valence-electron chi connectivity index (χ3n) is 7.42. The maximum Gasteiger partial charge on any atom is 0.172 e. The van der Waals surface area contributed by atoms with Gasteiger partial charge in [0.05, 0.1) is 17.1 Å². The average molecular weight is 353 g/mol. The largest absolute Gasteiger partial charge is 0.486 e. The van der Waals surface area contributed by atoms with Gasteiger partial charge in [-0.05, 0) is 80.4 Å². The van der Waals surface area contributed by atoms with Crippen molar-refractivity contribution >= 4 is 10.9 Å². The average Bonchev–Trinajstić information content (AvgIpc) is 3.12. The van der Waals surface area contributed by atoms with E-state index in [-0.39, 0.29) is 6.10 Å². The van der Waals surface area contributed by atoms with Crippen molar-refractivity contribution in [3.8, 4) is 11.5 Å². The Morgan fingerprint density at radius 2 is 1.85 bits per heavy atom. The normalized spacial score (nSPS) is 37.4. The van der Waals surface area contributed by atoms with E-state index < -0.39 is 0 Å². The number of fused-ring (bicyclic) bond motifs is 3. The monoisotopic (exact) mass is 353 g/mol. The molecule has 1 unspecified atom stereocenters. The minimum Gasteiger partial charge on any atom is -0.486 e. The van der Waals surface area contributed by atoms with Crippen LogP contribution in [0.4, 0.5) is 0 Å². The van der Waals surface area contributed by atoms with Crippen molar-refractivity contribution in [3.63, 3.8) is 0 Å². The summed E-state index contributed by atoms with van der Waals surface area (Å²) in [4.78, 5) is 0. The lowest BCUT2D eigenvalue weighted by molar-refractivity contribution is -0.0364. The molecule has 2 heterocycles. The number of aromatic amines is 1. The summed E-state index contributed by atoms with van der Waals surface area (Å²) in [7, 11) is 0. The molecule has 0 radical (unpaired) electrons. The van der Waals surface area contributed by atoms with Gasteiger partial charge in [-0.15, -0.1) is 0 Å². The van der Waals surface area contributed by atoms with Crippen LogP contribution in [0.5, 0.6) is 11.5 Å². The number of hydrogen-bond acceptors (Lipinski definition) is 4. The quantitative estimate of drug-likeness (QED) is 0.885. The van der Waals surface area contributed by atoms with Crippen molar-refractivity contribution in [1.82, 2.24) is 15.5 Å². The molecule has 2 aromatic rings. The molecule has 26 heavy (non-hydrogen) atoms. The lowest BCUT2D eigenvalue weighted by atomic mass is 9.52. The molecule has 7 rings (SSSR count). The highest BCUT2D eigenvalue weighted by molar-refractivity contribution is 5.87. The Hall–Kier alpha value is -1.75. The summed E-state index contributed by atoms with van der Waals surface area (Å²) in [5.41, 5.74) is 0.995. The molecule has 0 spiro atoms. The molecule has 5 aliphatic rings. The van der Waals surface area contributed by atoms with Crippen molar-refractivity contribution in [2.45, 2.75) is 38.2 Å². The maximum absolute atomic E-state index is 6.26. The van der Waals surface area contributed by atoms with Crippen LogP contribution in [0.15, 0.2) is 18.3 Å². The Labute approximate surface area is 153 Å². The smallest absolute Gasteiger partial charge is 0.172 e. The Bertz CT molecular complexity index is 789. The molecule has 5 nitrogen and oxygen atoms in total. The molecule has 0 saturated heterocycles. The molecule has 1 atom stereocenters. The van der Waals surface area contributed by atoms with Gasteiger partial charge in [-0.3, -0.25) is 5.10 Å². The van der Waals surface area contributed by atoms with Crippen LogP contribution in [0.3, 0.4) is 0 Å². The highest BCUT2D eigenvalue weighted by Crippen LogP contribution is 2.56. The summed E-state index contributed by atoms with van der Waals surface area (Å²) in [6.07, 6.45) is 9.40. The van der Waals surface area contributed by atoms with Gasteiger partial charge in [0.15, 0.2) is 11.5 Å². The van der Waals surface area contributed by atoms with Gasteiger partial charge in [-0.1, -0.05) is 0 Å². The van der Waals surface area contributed by atoms with Crippen LogP contribution in [0, 0.1) is 29.6 Å². The van der Waals surface area contributed by atoms with Gasteiger partial charge in [-0.25, -0.2) is 0 Å². The molecule has 2 N–H and O–H groups in total. The first-order valence-electron chi connectivity index (χ1n) is 10.3. The summed E-state index contributed by atoms with van der Waals surface area (Å²) < 4.78 is 12.2. The molecule has 4 aliphatic carbocycles. The standard InChI is InChI=1S/C21H27N3O2/c1-2-20-21(18-10-23-24-19(1)18)26-16(11-25-20)8-22-9-17-14-4-12-3-13(6-14)7-15(17)5-12/h1-2,10,12-17,22H,3-9,11H2,(H,23,24). The van der Waals surface area contributed by atoms with Crippen LogP contribution in [0.1, 0.15) is 32.1 Å². The summed E-state index contributed by atoms with van der Waals surface area (Å²) in [6.45, 7) is 2.62. The molecule has 1 aromatic carbocycles. The van der Waals surface area contributed by atoms with E-state index in [1.54, 1.807) is 0 Å². The molecule has 4 fully saturated rings. The summed E-state index contributed by atoms with van der Waals surface area (Å²) in [6, 6.07) is 3.96. The van der Waals surface area contributed by atoms with E-state index in [4.69, 9.17) is 9.47 Å². The van der Waals surface area contributed by atoms with Crippen LogP contribution in [0.2, 0.25) is 0 Å². The van der Waals surface area contributed by atoms with Gasteiger partial charge >= 0.3 is 0 Å². The third-order valence-corrected chi connectivity index (χ3v) is 7.42. The fourth-order valence-corrected chi connectivity index (χ4v) is 6.47. The third kappa shape index (κ3) is 2.43. The first kappa shape index (κ1) is 15.3. The number of aromatic nitrogens is 2. The van der Waals surface area contributed by atoms with E-state index in [9.17, 15) is 0 Å². The zero-order chi connectivity index (χ0) is 17.1. The number of benzene rings is 1. The predicted molar refractivity (Wildman–Crippen MR) is 99.4 cm³/mol. The highest BCUT2D eigenvalue weighted by atomic mass is 16.6. The molecular formula is C21H27N3O2. The van der Waals surface area contributed by atoms with Crippen LogP contribution >= 0.6 is 0 Å². The summed E-state index contributed by atoms with van der Waals surface area (Å²) in [5.74, 6) is 6.62. The lowest BCUT2D eigenvalue weighted by Gasteiger charge is -2.54. The van der Waals surface area contributed by atoms with E-state index in [1.165, 1.54) is 32.1 Å². The number of hydrogen-bond donors (Lipinski definition) is 2. The van der Waals surface area contributed by atoms with E-state index in [0.717, 1.165) is 65.1 Å². The second-order valence-electron chi connectivity index (χ2n) is 9.03. The predicted octanol–water partition coefficient (Wildman–Crippen LogP) is 3.36. The van der Waals surface area contributed by atoms with Crippen molar-refractivity contribution in [2.75, 3.05) is 19.7 Å². The van der Waals surface area contributed by atoms with E-state index >= 15 is 0 Å². The number of ether oxygens (including phenoxy) is 2. The zero-order valence-corrected chi connectivity index (χ0v) is 15.1. The zero-order valence-electron chi connectivity index (χ0n) is 15.1. The van der Waals surface area contributed by atoms with Crippen molar-refractivity contribution in [2.24, 2.45) is 29.6 Å². The number of nitrogens with zero attached hydrogens (tertiary/aromatic N) is 1. The van der Waals surface area contributed by atoms with Crippen LogP contribution in [0.25, 0.3) is 10.9 Å². The van der Waals surface area contributed by atoms with E-state index in [1.807, 2.05) is 18.3 Å². The van der Waals surface area contributed by atoms with E-state index in [0.29, 0.717) is 6.61 Å². The van der Waals surface area contributed by atoms with Gasteiger partial charge in [0.1, 0.15) is 12.7 Å². The minimum atomic E-state index is 0.0693. The first-order valence-corrected chi connectivity index (χ1v) is 10.3. The van der Waals surface area contributed by atoms with Crippen LogP contribution in [-0.2, 0) is 0 Å². The molecular weight excluding hydrogens is 326 g/mol.